The Kier molecular flexibility index (Phi) is 2.07. The van der Waals surface area contributed by atoms with Gasteiger partial charge in [0.25, 0.3) is 0 Å². The molecule has 0 spiro atoms. The first-order valence-corrected chi connectivity index (χ1v) is 4.51. The van der Waals surface area contributed by atoms with Crippen molar-refractivity contribution < 1.29 is 9.53 Å². The molecule has 7 heteroatoms. The molecular weight excluding hydrogens is 198 g/mol. The lowest BCUT2D eigenvalue weighted by Gasteiger charge is -1.98. The van der Waals surface area contributed by atoms with Crippen molar-refractivity contribution in [2.45, 2.75) is 13.8 Å². The van der Waals surface area contributed by atoms with E-state index in [2.05, 4.69) is 15.3 Å². The van der Waals surface area contributed by atoms with E-state index < -0.39 is 5.97 Å². The van der Waals surface area contributed by atoms with Crippen LogP contribution in [0.4, 0.5) is 5.95 Å². The zero-order chi connectivity index (χ0) is 11.0. The minimum absolute atomic E-state index is 0.212. The van der Waals surface area contributed by atoms with Crippen molar-refractivity contribution in [3.63, 3.8) is 0 Å². The largest absolute Gasteiger partial charge is 0.462 e. The predicted octanol–water partition coefficient (Wildman–Crippen LogP) is 0.125. The molecule has 0 aromatic carbocycles. The first-order chi connectivity index (χ1) is 7.15. The fourth-order valence-electron chi connectivity index (χ4n) is 1.41. The highest BCUT2D eigenvalue weighted by molar-refractivity contribution is 5.97. The Morgan fingerprint density at radius 3 is 3.00 bits per heavy atom. The van der Waals surface area contributed by atoms with Gasteiger partial charge in [-0.15, -0.1) is 10.2 Å². The lowest BCUT2D eigenvalue weighted by atomic mass is 10.2. The molecule has 2 aromatic heterocycles. The van der Waals surface area contributed by atoms with Crippen LogP contribution in [0.25, 0.3) is 5.65 Å². The van der Waals surface area contributed by atoms with Crippen molar-refractivity contribution in [3.05, 3.63) is 11.3 Å². The van der Waals surface area contributed by atoms with E-state index in [1.54, 1.807) is 13.8 Å². The lowest BCUT2D eigenvalue weighted by molar-refractivity contribution is 0.0527. The van der Waals surface area contributed by atoms with Crippen LogP contribution < -0.4 is 5.73 Å². The van der Waals surface area contributed by atoms with Crippen LogP contribution in [0, 0.1) is 6.92 Å². The van der Waals surface area contributed by atoms with Crippen molar-refractivity contribution in [2.24, 2.45) is 0 Å². The van der Waals surface area contributed by atoms with E-state index >= 15 is 0 Å². The van der Waals surface area contributed by atoms with Crippen molar-refractivity contribution in [2.75, 3.05) is 12.3 Å². The number of nitrogen functional groups attached to an aromatic ring is 1. The van der Waals surface area contributed by atoms with Crippen LogP contribution in [0.2, 0.25) is 0 Å². The third-order valence-electron chi connectivity index (χ3n) is 2.05. The van der Waals surface area contributed by atoms with Gasteiger partial charge in [-0.3, -0.25) is 5.10 Å². The average molecular weight is 209 g/mol. The van der Waals surface area contributed by atoms with Crippen LogP contribution >= 0.6 is 0 Å². The maximum absolute atomic E-state index is 11.6. The van der Waals surface area contributed by atoms with E-state index in [9.17, 15) is 4.79 Å². The highest BCUT2D eigenvalue weighted by atomic mass is 16.5. The van der Waals surface area contributed by atoms with Gasteiger partial charge in [-0.05, 0) is 13.8 Å². The number of H-pyrrole nitrogens is 1. The molecule has 2 aromatic rings. The number of nitrogens with one attached hydrogen (secondary N) is 1. The number of carbonyl (C=O) groups excluding carboxylic acids is 1. The van der Waals surface area contributed by atoms with Gasteiger partial charge in [0.15, 0.2) is 5.65 Å². The number of nitrogens with two attached hydrogens (primary N) is 1. The standard InChI is InChI=1S/C8H11N5O2/c1-3-15-7(14)5-4(2)12-13-6(5)10-11-8(13)9/h12H,3H2,1-2H3,(H2,9,11). The summed E-state index contributed by atoms with van der Waals surface area (Å²) < 4.78 is 6.35. The molecule has 0 bridgehead atoms. The molecule has 0 unspecified atom stereocenters. The number of hydrogen-bond donors (Lipinski definition) is 2. The third kappa shape index (κ3) is 1.32. The van der Waals surface area contributed by atoms with E-state index in [4.69, 9.17) is 10.5 Å². The quantitative estimate of drug-likeness (QED) is 0.685. The second-order valence-electron chi connectivity index (χ2n) is 3.05. The number of rotatable bonds is 2. The molecule has 0 saturated carbocycles. The fourth-order valence-corrected chi connectivity index (χ4v) is 1.41. The SMILES string of the molecule is CCOC(=O)c1c(C)[nH]n2c(N)nnc12. The Morgan fingerprint density at radius 2 is 2.33 bits per heavy atom. The Balaban J connectivity index is 2.58. The maximum atomic E-state index is 11.6. The van der Waals surface area contributed by atoms with Crippen LogP contribution in [0.3, 0.4) is 0 Å². The van der Waals surface area contributed by atoms with Crippen LogP contribution in [-0.4, -0.2) is 32.4 Å². The van der Waals surface area contributed by atoms with Gasteiger partial charge in [0, 0.05) is 5.69 Å². The fraction of sp³-hybridized carbons (Fsp3) is 0.375. The highest BCUT2D eigenvalue weighted by Gasteiger charge is 2.20. The van der Waals surface area contributed by atoms with Crippen LogP contribution in [0.1, 0.15) is 23.0 Å². The van der Waals surface area contributed by atoms with Gasteiger partial charge in [0.05, 0.1) is 6.61 Å². The van der Waals surface area contributed by atoms with Crippen molar-refractivity contribution >= 4 is 17.6 Å². The molecule has 0 aliphatic rings. The van der Waals surface area contributed by atoms with Gasteiger partial charge in [-0.2, -0.15) is 0 Å². The van der Waals surface area contributed by atoms with Gasteiger partial charge < -0.3 is 10.5 Å². The van der Waals surface area contributed by atoms with Gasteiger partial charge in [-0.1, -0.05) is 0 Å². The summed E-state index contributed by atoms with van der Waals surface area (Å²) in [7, 11) is 0. The molecule has 0 fully saturated rings. The molecule has 2 heterocycles. The Morgan fingerprint density at radius 1 is 1.60 bits per heavy atom. The van der Waals surface area contributed by atoms with Crippen molar-refractivity contribution in [1.29, 1.82) is 0 Å². The number of ether oxygens (including phenoxy) is 1. The summed E-state index contributed by atoms with van der Waals surface area (Å²) in [6.45, 7) is 3.81. The van der Waals surface area contributed by atoms with Crippen LogP contribution in [-0.2, 0) is 4.74 Å². The Labute approximate surface area is 85.2 Å². The van der Waals surface area contributed by atoms with E-state index in [0.717, 1.165) is 0 Å². The number of esters is 1. The molecule has 3 N–H and O–H groups in total. The summed E-state index contributed by atoms with van der Waals surface area (Å²) in [5.74, 6) is -0.211. The number of carbonyl (C=O) groups is 1. The van der Waals surface area contributed by atoms with Gasteiger partial charge in [-0.25, -0.2) is 9.31 Å². The smallest absolute Gasteiger partial charge is 0.343 e. The second-order valence-corrected chi connectivity index (χ2v) is 3.05. The van der Waals surface area contributed by atoms with Gasteiger partial charge in [0.1, 0.15) is 5.56 Å². The zero-order valence-corrected chi connectivity index (χ0v) is 8.44. The summed E-state index contributed by atoms with van der Waals surface area (Å²) in [5, 5.41) is 10.3. The number of hydrogen-bond acceptors (Lipinski definition) is 5. The van der Waals surface area contributed by atoms with Crippen molar-refractivity contribution in [3.8, 4) is 0 Å². The van der Waals surface area contributed by atoms with Crippen LogP contribution in [0.5, 0.6) is 0 Å². The number of aromatic amines is 1. The number of nitrogens with zero attached hydrogens (tertiary/aromatic N) is 3. The molecule has 80 valence electrons. The molecule has 2 rings (SSSR count). The average Bonchev–Trinajstić information content (AvgIpc) is 2.67. The summed E-state index contributed by atoms with van der Waals surface area (Å²) in [4.78, 5) is 11.6. The van der Waals surface area contributed by atoms with E-state index in [0.29, 0.717) is 23.5 Å². The summed E-state index contributed by atoms with van der Waals surface area (Å²) in [6.07, 6.45) is 0. The number of anilines is 1. The van der Waals surface area contributed by atoms with Gasteiger partial charge >= 0.3 is 5.97 Å². The van der Waals surface area contributed by atoms with E-state index in [-0.39, 0.29) is 5.95 Å². The maximum Gasteiger partial charge on any atom is 0.343 e. The minimum atomic E-state index is -0.423. The monoisotopic (exact) mass is 209 g/mol. The summed E-state index contributed by atoms with van der Waals surface area (Å²) in [6, 6.07) is 0. The molecule has 0 saturated heterocycles. The Bertz CT molecular complexity index is 512. The lowest BCUT2D eigenvalue weighted by Crippen LogP contribution is -2.05. The molecule has 7 nitrogen and oxygen atoms in total. The third-order valence-corrected chi connectivity index (χ3v) is 2.05. The molecule has 15 heavy (non-hydrogen) atoms. The zero-order valence-electron chi connectivity index (χ0n) is 8.44. The molecule has 0 aliphatic heterocycles. The van der Waals surface area contributed by atoms with E-state index in [1.807, 2.05) is 0 Å². The first-order valence-electron chi connectivity index (χ1n) is 4.51. The normalized spacial score (nSPS) is 10.8. The summed E-state index contributed by atoms with van der Waals surface area (Å²) in [5.41, 5.74) is 6.96. The highest BCUT2D eigenvalue weighted by Crippen LogP contribution is 2.16. The Hall–Kier alpha value is -2.05. The number of aryl methyl sites for hydroxylation is 1. The minimum Gasteiger partial charge on any atom is -0.462 e. The topological polar surface area (TPSA) is 98.3 Å². The molecule has 0 atom stereocenters. The van der Waals surface area contributed by atoms with Crippen LogP contribution in [0.15, 0.2) is 0 Å². The second kappa shape index (κ2) is 3.26. The predicted molar refractivity (Wildman–Crippen MR) is 52.4 cm³/mol. The number of fused-ring (bicyclic) bond motifs is 1. The first kappa shape index (κ1) is 9.50. The molecule has 0 amide bonds. The summed E-state index contributed by atoms with van der Waals surface area (Å²) >= 11 is 0. The molecular formula is C8H11N5O2. The molecule has 0 aliphatic carbocycles. The van der Waals surface area contributed by atoms with E-state index in [1.165, 1.54) is 4.52 Å². The molecule has 0 radical (unpaired) electrons. The van der Waals surface area contributed by atoms with Gasteiger partial charge in [0.2, 0.25) is 5.95 Å². The number of aromatic nitrogens is 4. The van der Waals surface area contributed by atoms with Crippen molar-refractivity contribution in [1.82, 2.24) is 19.8 Å².